The van der Waals surface area contributed by atoms with E-state index in [1.165, 1.54) is 21.2 Å². The molecule has 0 aromatic heterocycles. The molecule has 0 saturated carbocycles. The Bertz CT molecular complexity index is 498. The van der Waals surface area contributed by atoms with Crippen LogP contribution in [0.2, 0.25) is 0 Å². The van der Waals surface area contributed by atoms with Gasteiger partial charge in [0.25, 0.3) is 0 Å². The van der Waals surface area contributed by atoms with E-state index in [2.05, 4.69) is 71.4 Å². The first-order chi connectivity index (χ1) is 8.33. The van der Waals surface area contributed by atoms with Gasteiger partial charge in [0.15, 0.2) is 0 Å². The molecule has 0 atom stereocenters. The van der Waals surface area contributed by atoms with Crippen LogP contribution in [0.4, 0.5) is 0 Å². The average molecular weight is 287 g/mol. The lowest BCUT2D eigenvalue weighted by atomic mass is 10.0. The summed E-state index contributed by atoms with van der Waals surface area (Å²) in [4.78, 5) is 0. The van der Waals surface area contributed by atoms with Gasteiger partial charge in [0.1, 0.15) is 0 Å². The summed E-state index contributed by atoms with van der Waals surface area (Å²) >= 11 is 3.73. The zero-order chi connectivity index (χ0) is 12.1. The third-order valence-corrected chi connectivity index (χ3v) is 3.70. The van der Waals surface area contributed by atoms with Crippen molar-refractivity contribution in [3.8, 4) is 0 Å². The highest BCUT2D eigenvalue weighted by Crippen LogP contribution is 2.32. The van der Waals surface area contributed by atoms with Crippen LogP contribution in [0, 0.1) is 0 Å². The van der Waals surface area contributed by atoms with Crippen molar-refractivity contribution in [2.75, 3.05) is 0 Å². The summed E-state index contributed by atoms with van der Waals surface area (Å²) in [6.07, 6.45) is 1.01. The van der Waals surface area contributed by atoms with Crippen LogP contribution in [0.3, 0.4) is 0 Å². The van der Waals surface area contributed by atoms with Gasteiger partial charge in [0.05, 0.1) is 0 Å². The minimum Gasteiger partial charge on any atom is -0.0622 e. The molecule has 2 aromatic rings. The fourth-order valence-corrected chi connectivity index (χ4v) is 2.66. The maximum absolute atomic E-state index is 3.73. The molecule has 0 bridgehead atoms. The van der Waals surface area contributed by atoms with Crippen LogP contribution in [0.5, 0.6) is 0 Å². The molecule has 0 nitrogen and oxygen atoms in total. The molecule has 0 aliphatic rings. The fourth-order valence-electron chi connectivity index (χ4n) is 1.88. The van der Waals surface area contributed by atoms with Gasteiger partial charge in [0.2, 0.25) is 0 Å². The lowest BCUT2D eigenvalue weighted by molar-refractivity contribution is 1.24. The molecule has 2 aromatic carbocycles. The van der Waals surface area contributed by atoms with E-state index in [0.29, 0.717) is 0 Å². The van der Waals surface area contributed by atoms with Gasteiger partial charge in [-0.3, -0.25) is 0 Å². The molecule has 0 saturated heterocycles. The van der Waals surface area contributed by atoms with Crippen LogP contribution in [0.15, 0.2) is 60.7 Å². The van der Waals surface area contributed by atoms with Gasteiger partial charge in [-0.05, 0) is 39.1 Å². The summed E-state index contributed by atoms with van der Waals surface area (Å²) in [6.45, 7) is 2.19. The quantitative estimate of drug-likeness (QED) is 0.667. The van der Waals surface area contributed by atoms with E-state index < -0.39 is 0 Å². The predicted molar refractivity (Wildman–Crippen MR) is 78.9 cm³/mol. The molecule has 1 heteroatoms. The van der Waals surface area contributed by atoms with Crippen molar-refractivity contribution in [2.45, 2.75) is 13.3 Å². The SMILES string of the molecule is CC/C(=C(\Br)c1ccccc1)c1ccccc1. The summed E-state index contributed by atoms with van der Waals surface area (Å²) in [5.41, 5.74) is 3.86. The number of allylic oxidation sites excluding steroid dienone is 1. The van der Waals surface area contributed by atoms with Crippen LogP contribution >= 0.6 is 15.9 Å². The van der Waals surface area contributed by atoms with Crippen LogP contribution in [-0.4, -0.2) is 0 Å². The number of benzene rings is 2. The number of rotatable bonds is 3. The van der Waals surface area contributed by atoms with Crippen LogP contribution < -0.4 is 0 Å². The average Bonchev–Trinajstić information content (AvgIpc) is 2.42. The first-order valence-electron chi connectivity index (χ1n) is 5.82. The smallest absolute Gasteiger partial charge is 0.0285 e. The molecule has 0 aliphatic heterocycles. The highest BCUT2D eigenvalue weighted by Gasteiger charge is 2.06. The second-order valence-electron chi connectivity index (χ2n) is 3.88. The minimum atomic E-state index is 1.01. The minimum absolute atomic E-state index is 1.01. The highest BCUT2D eigenvalue weighted by atomic mass is 79.9. The Kier molecular flexibility index (Phi) is 4.16. The van der Waals surface area contributed by atoms with Gasteiger partial charge in [-0.25, -0.2) is 0 Å². The summed E-state index contributed by atoms with van der Waals surface area (Å²) in [5.74, 6) is 0. The highest BCUT2D eigenvalue weighted by molar-refractivity contribution is 9.15. The Morgan fingerprint density at radius 2 is 1.29 bits per heavy atom. The molecule has 2 rings (SSSR count). The van der Waals surface area contributed by atoms with Crippen molar-refractivity contribution in [1.29, 1.82) is 0 Å². The molecular formula is C16H15Br. The maximum atomic E-state index is 3.73. The van der Waals surface area contributed by atoms with E-state index in [9.17, 15) is 0 Å². The molecule has 0 unspecified atom stereocenters. The van der Waals surface area contributed by atoms with Gasteiger partial charge in [-0.1, -0.05) is 67.6 Å². The van der Waals surface area contributed by atoms with E-state index in [4.69, 9.17) is 0 Å². The third-order valence-electron chi connectivity index (χ3n) is 2.77. The van der Waals surface area contributed by atoms with Crippen molar-refractivity contribution in [3.63, 3.8) is 0 Å². The summed E-state index contributed by atoms with van der Waals surface area (Å²) in [6, 6.07) is 20.9. The fraction of sp³-hybridized carbons (Fsp3) is 0.125. The van der Waals surface area contributed by atoms with E-state index in [-0.39, 0.29) is 0 Å². The Balaban J connectivity index is 2.48. The molecule has 0 N–H and O–H groups in total. The lowest BCUT2D eigenvalue weighted by Gasteiger charge is -2.09. The van der Waals surface area contributed by atoms with Gasteiger partial charge in [-0.15, -0.1) is 0 Å². The molecule has 0 fully saturated rings. The maximum Gasteiger partial charge on any atom is 0.0285 e. The van der Waals surface area contributed by atoms with Crippen LogP contribution in [0.25, 0.3) is 10.1 Å². The molecule has 0 amide bonds. The van der Waals surface area contributed by atoms with Crippen molar-refractivity contribution < 1.29 is 0 Å². The normalized spacial score (nSPS) is 12.1. The predicted octanol–water partition coefficient (Wildman–Crippen LogP) is 5.36. The molecule has 0 spiro atoms. The number of hydrogen-bond acceptors (Lipinski definition) is 0. The lowest BCUT2D eigenvalue weighted by Crippen LogP contribution is -1.86. The number of hydrogen-bond donors (Lipinski definition) is 0. The van der Waals surface area contributed by atoms with E-state index in [1.54, 1.807) is 0 Å². The van der Waals surface area contributed by atoms with Crippen molar-refractivity contribution >= 4 is 26.0 Å². The zero-order valence-corrected chi connectivity index (χ0v) is 11.4. The van der Waals surface area contributed by atoms with Gasteiger partial charge in [-0.2, -0.15) is 0 Å². The molecule has 17 heavy (non-hydrogen) atoms. The van der Waals surface area contributed by atoms with Crippen molar-refractivity contribution in [3.05, 3.63) is 71.8 Å². The molecular weight excluding hydrogens is 272 g/mol. The molecule has 0 aliphatic carbocycles. The number of halogens is 1. The molecule has 0 radical (unpaired) electrons. The van der Waals surface area contributed by atoms with Gasteiger partial charge < -0.3 is 0 Å². The van der Waals surface area contributed by atoms with E-state index in [1.807, 2.05) is 12.1 Å². The summed E-state index contributed by atoms with van der Waals surface area (Å²) < 4.78 is 1.19. The van der Waals surface area contributed by atoms with Crippen LogP contribution in [0.1, 0.15) is 24.5 Å². The Morgan fingerprint density at radius 3 is 1.76 bits per heavy atom. The Morgan fingerprint density at radius 1 is 0.824 bits per heavy atom. The first-order valence-corrected chi connectivity index (χ1v) is 6.61. The summed E-state index contributed by atoms with van der Waals surface area (Å²) in [7, 11) is 0. The topological polar surface area (TPSA) is 0 Å². The van der Waals surface area contributed by atoms with Gasteiger partial charge >= 0.3 is 0 Å². The largest absolute Gasteiger partial charge is 0.0622 e. The second kappa shape index (κ2) is 5.83. The second-order valence-corrected chi connectivity index (χ2v) is 4.67. The van der Waals surface area contributed by atoms with Crippen molar-refractivity contribution in [2.24, 2.45) is 0 Å². The van der Waals surface area contributed by atoms with Crippen LogP contribution in [-0.2, 0) is 0 Å². The Hall–Kier alpha value is -1.34. The summed E-state index contributed by atoms with van der Waals surface area (Å²) in [5, 5.41) is 0. The van der Waals surface area contributed by atoms with Gasteiger partial charge in [0, 0.05) is 4.48 Å². The van der Waals surface area contributed by atoms with Crippen molar-refractivity contribution in [1.82, 2.24) is 0 Å². The zero-order valence-electron chi connectivity index (χ0n) is 9.86. The van der Waals surface area contributed by atoms with E-state index in [0.717, 1.165) is 6.42 Å². The monoisotopic (exact) mass is 286 g/mol. The van der Waals surface area contributed by atoms with E-state index >= 15 is 0 Å². The Labute approximate surface area is 111 Å². The molecule has 0 heterocycles. The molecule has 86 valence electrons. The third kappa shape index (κ3) is 2.86. The first kappa shape index (κ1) is 12.1. The standard InChI is InChI=1S/C16H15Br/c1-2-15(13-9-5-3-6-10-13)16(17)14-11-7-4-8-12-14/h3-12H,2H2,1H3/b16-15+.